The number of thiophene rings is 1. The van der Waals surface area contributed by atoms with Gasteiger partial charge in [0.1, 0.15) is 27.2 Å². The zero-order valence-corrected chi connectivity index (χ0v) is 21.4. The molecule has 7 nitrogen and oxygen atoms in total. The van der Waals surface area contributed by atoms with Gasteiger partial charge in [-0.3, -0.25) is 4.79 Å². The molecule has 1 saturated heterocycles. The van der Waals surface area contributed by atoms with Gasteiger partial charge in [0.2, 0.25) is 0 Å². The highest BCUT2D eigenvalue weighted by Crippen LogP contribution is 2.43. The van der Waals surface area contributed by atoms with Crippen molar-refractivity contribution in [1.29, 1.82) is 5.26 Å². The molecule has 2 aromatic heterocycles. The minimum Gasteiger partial charge on any atom is -0.397 e. The summed E-state index contributed by atoms with van der Waals surface area (Å²) in [5, 5.41) is 11.2. The summed E-state index contributed by atoms with van der Waals surface area (Å²) in [4.78, 5) is 23.0. The molecule has 0 aliphatic carbocycles. The molecule has 36 heavy (non-hydrogen) atoms. The lowest BCUT2D eigenvalue weighted by Crippen LogP contribution is -2.48. The number of nitrogen functional groups attached to an aromatic ring is 2. The van der Waals surface area contributed by atoms with Crippen LogP contribution in [0.5, 0.6) is 0 Å². The number of aromatic nitrogens is 1. The third kappa shape index (κ3) is 4.21. The van der Waals surface area contributed by atoms with Crippen molar-refractivity contribution in [2.75, 3.05) is 42.5 Å². The van der Waals surface area contributed by atoms with Gasteiger partial charge in [0, 0.05) is 47.8 Å². The van der Waals surface area contributed by atoms with E-state index in [1.165, 1.54) is 16.9 Å². The van der Waals surface area contributed by atoms with Crippen LogP contribution in [0, 0.1) is 11.3 Å². The van der Waals surface area contributed by atoms with Crippen molar-refractivity contribution in [3.8, 4) is 17.2 Å². The largest absolute Gasteiger partial charge is 0.397 e. The molecule has 1 aliphatic heterocycles. The van der Waals surface area contributed by atoms with E-state index in [9.17, 15) is 10.1 Å². The van der Waals surface area contributed by atoms with Gasteiger partial charge in [0.15, 0.2) is 0 Å². The fourth-order valence-corrected chi connectivity index (χ4v) is 5.89. The fraction of sp³-hybridized carbons (Fsp3) is 0.222. The first-order valence-corrected chi connectivity index (χ1v) is 12.9. The molecule has 4 aromatic rings. The van der Waals surface area contributed by atoms with Crippen LogP contribution in [-0.2, 0) is 6.42 Å². The fourth-order valence-electron chi connectivity index (χ4n) is 4.62. The summed E-state index contributed by atoms with van der Waals surface area (Å²) in [5.41, 5.74) is 17.1. The summed E-state index contributed by atoms with van der Waals surface area (Å²) in [7, 11) is 0. The quantitative estimate of drug-likeness (QED) is 0.386. The van der Waals surface area contributed by atoms with Crippen LogP contribution in [0.4, 0.5) is 17.2 Å². The molecule has 1 amide bonds. The Morgan fingerprint density at radius 1 is 1.14 bits per heavy atom. The predicted molar refractivity (Wildman–Crippen MR) is 148 cm³/mol. The summed E-state index contributed by atoms with van der Waals surface area (Å²) in [6.07, 6.45) is 0.906. The van der Waals surface area contributed by atoms with E-state index in [0.29, 0.717) is 57.5 Å². The maximum atomic E-state index is 13.6. The normalized spacial score (nSPS) is 13.7. The number of anilines is 3. The SMILES string of the molecule is CCc1ccc(-c2c(C#N)c(N)nc3sc(C(=O)N4CCN(c5cccc(Cl)c5)CC4)c(N)c23)cc1. The Kier molecular flexibility index (Phi) is 6.44. The Hall–Kier alpha value is -3.80. The zero-order chi connectivity index (χ0) is 25.4. The van der Waals surface area contributed by atoms with E-state index in [4.69, 9.17) is 23.1 Å². The Morgan fingerprint density at radius 2 is 1.86 bits per heavy atom. The van der Waals surface area contributed by atoms with Crippen molar-refractivity contribution in [1.82, 2.24) is 9.88 Å². The number of rotatable bonds is 4. The van der Waals surface area contributed by atoms with Gasteiger partial charge in [-0.1, -0.05) is 48.9 Å². The minimum atomic E-state index is -0.134. The average molecular weight is 517 g/mol. The van der Waals surface area contributed by atoms with Gasteiger partial charge in [-0.15, -0.1) is 11.3 Å². The lowest BCUT2D eigenvalue weighted by atomic mass is 9.96. The van der Waals surface area contributed by atoms with Crippen LogP contribution >= 0.6 is 22.9 Å². The molecular weight excluding hydrogens is 492 g/mol. The predicted octanol–water partition coefficient (Wildman–Crippen LogP) is 5.18. The number of hydrogen-bond donors (Lipinski definition) is 2. The zero-order valence-electron chi connectivity index (χ0n) is 19.8. The molecule has 2 aromatic carbocycles. The van der Waals surface area contributed by atoms with Crippen molar-refractivity contribution < 1.29 is 4.79 Å². The molecule has 182 valence electrons. The van der Waals surface area contributed by atoms with Crippen molar-refractivity contribution in [2.24, 2.45) is 0 Å². The Balaban J connectivity index is 1.49. The molecule has 0 atom stereocenters. The second-order valence-electron chi connectivity index (χ2n) is 8.69. The molecule has 0 radical (unpaired) electrons. The molecule has 1 fully saturated rings. The van der Waals surface area contributed by atoms with Gasteiger partial charge in [-0.2, -0.15) is 5.26 Å². The summed E-state index contributed by atoms with van der Waals surface area (Å²) < 4.78 is 0. The Bertz CT molecular complexity index is 1500. The number of hydrogen-bond acceptors (Lipinski definition) is 7. The van der Waals surface area contributed by atoms with Gasteiger partial charge in [-0.05, 0) is 35.7 Å². The first kappa shape index (κ1) is 23.9. The lowest BCUT2D eigenvalue weighted by Gasteiger charge is -2.36. The number of carbonyl (C=O) groups is 1. The molecular formula is C27H25ClN6OS. The second kappa shape index (κ2) is 9.69. The molecule has 0 bridgehead atoms. The molecule has 9 heteroatoms. The van der Waals surface area contributed by atoms with E-state index in [0.717, 1.165) is 17.7 Å². The number of amides is 1. The van der Waals surface area contributed by atoms with E-state index in [1.54, 1.807) is 0 Å². The molecule has 0 spiro atoms. The highest BCUT2D eigenvalue weighted by atomic mass is 35.5. The standard InChI is InChI=1S/C27H25ClN6OS/c1-2-16-6-8-17(9-7-16)21-20(15-29)25(31)32-26-22(21)23(30)24(36-26)27(35)34-12-10-33(11-13-34)19-5-3-4-18(28)14-19/h3-9,14H,2,10-13,30H2,1H3,(H2,31,32). The van der Waals surface area contributed by atoms with Crippen LogP contribution in [0.2, 0.25) is 5.02 Å². The summed E-state index contributed by atoms with van der Waals surface area (Å²) in [6, 6.07) is 17.9. The topological polar surface area (TPSA) is 112 Å². The van der Waals surface area contributed by atoms with Crippen molar-refractivity contribution >= 4 is 56.3 Å². The maximum Gasteiger partial charge on any atom is 0.266 e. The van der Waals surface area contributed by atoms with Crippen molar-refractivity contribution in [3.63, 3.8) is 0 Å². The molecule has 0 saturated carbocycles. The van der Waals surface area contributed by atoms with Crippen molar-refractivity contribution in [2.45, 2.75) is 13.3 Å². The van der Waals surface area contributed by atoms with Crippen LogP contribution in [-0.4, -0.2) is 42.0 Å². The molecule has 0 unspecified atom stereocenters. The average Bonchev–Trinajstić information content (AvgIpc) is 3.23. The summed E-state index contributed by atoms with van der Waals surface area (Å²) in [6.45, 7) is 4.58. The smallest absolute Gasteiger partial charge is 0.266 e. The first-order chi connectivity index (χ1) is 17.4. The number of nitriles is 1. The van der Waals surface area contributed by atoms with Gasteiger partial charge in [-0.25, -0.2) is 4.98 Å². The molecule has 1 aliphatic rings. The van der Waals surface area contributed by atoms with Crippen LogP contribution in [0.3, 0.4) is 0 Å². The van der Waals surface area contributed by atoms with Gasteiger partial charge < -0.3 is 21.3 Å². The third-order valence-corrected chi connectivity index (χ3v) is 7.92. The van der Waals surface area contributed by atoms with E-state index in [2.05, 4.69) is 22.9 Å². The van der Waals surface area contributed by atoms with Crippen LogP contribution < -0.4 is 16.4 Å². The number of aryl methyl sites for hydroxylation is 1. The molecule has 3 heterocycles. The number of nitrogens with two attached hydrogens (primary N) is 2. The summed E-state index contributed by atoms with van der Waals surface area (Å²) >= 11 is 7.37. The number of fused-ring (bicyclic) bond motifs is 1. The number of piperazine rings is 1. The van der Waals surface area contributed by atoms with Crippen LogP contribution in [0.1, 0.15) is 27.7 Å². The van der Waals surface area contributed by atoms with Crippen LogP contribution in [0.25, 0.3) is 21.3 Å². The van der Waals surface area contributed by atoms with Gasteiger partial charge in [0.25, 0.3) is 5.91 Å². The van der Waals surface area contributed by atoms with Crippen molar-refractivity contribution in [3.05, 3.63) is 69.6 Å². The lowest BCUT2D eigenvalue weighted by molar-refractivity contribution is 0.0752. The molecule has 4 N–H and O–H groups in total. The number of benzene rings is 2. The van der Waals surface area contributed by atoms with E-state index in [-0.39, 0.29) is 17.3 Å². The highest BCUT2D eigenvalue weighted by Gasteiger charge is 2.29. The number of pyridine rings is 1. The van der Waals surface area contributed by atoms with E-state index in [1.807, 2.05) is 53.4 Å². The molecule has 5 rings (SSSR count). The third-order valence-electron chi connectivity index (χ3n) is 6.60. The number of halogens is 1. The van der Waals surface area contributed by atoms with Crippen LogP contribution in [0.15, 0.2) is 48.5 Å². The monoisotopic (exact) mass is 516 g/mol. The number of carbonyl (C=O) groups excluding carboxylic acids is 1. The second-order valence-corrected chi connectivity index (χ2v) is 10.1. The van der Waals surface area contributed by atoms with E-state index < -0.39 is 0 Å². The maximum absolute atomic E-state index is 13.6. The van der Waals surface area contributed by atoms with Gasteiger partial charge >= 0.3 is 0 Å². The first-order valence-electron chi connectivity index (χ1n) is 11.7. The van der Waals surface area contributed by atoms with E-state index >= 15 is 0 Å². The number of nitrogens with zero attached hydrogens (tertiary/aromatic N) is 4. The summed E-state index contributed by atoms with van der Waals surface area (Å²) in [5.74, 6) is 0.000516. The van der Waals surface area contributed by atoms with Gasteiger partial charge in [0.05, 0.1) is 5.69 Å². The minimum absolute atomic E-state index is 0.134. The Morgan fingerprint density at radius 3 is 2.50 bits per heavy atom. The Labute approximate surface area is 218 Å². The highest BCUT2D eigenvalue weighted by molar-refractivity contribution is 7.21.